The third-order valence-corrected chi connectivity index (χ3v) is 5.47. The lowest BCUT2D eigenvalue weighted by molar-refractivity contribution is -0.120. The maximum Gasteiger partial charge on any atom is 0.227 e. The van der Waals surface area contributed by atoms with Gasteiger partial charge in [0, 0.05) is 24.4 Å². The standard InChI is InChI=1S/C22H20N4O3/c27-17-7-3-2-6-16(17)25-22(28)14-9-11-26(12-10-14)21-20-19(23-13-24-21)15-5-1-4-8-18(15)29-20/h1-8,13-14,27H,9-12H2,(H,25,28). The number of phenolic OH excluding ortho intramolecular Hbond substituents is 1. The van der Waals surface area contributed by atoms with Crippen molar-refractivity contribution in [2.24, 2.45) is 5.92 Å². The van der Waals surface area contributed by atoms with Crippen LogP contribution in [0.25, 0.3) is 22.1 Å². The van der Waals surface area contributed by atoms with Crippen molar-refractivity contribution >= 4 is 39.5 Å². The summed E-state index contributed by atoms with van der Waals surface area (Å²) in [7, 11) is 0. The fourth-order valence-electron chi connectivity index (χ4n) is 3.90. The topological polar surface area (TPSA) is 91.5 Å². The zero-order valence-corrected chi connectivity index (χ0v) is 15.7. The van der Waals surface area contributed by atoms with E-state index in [9.17, 15) is 9.90 Å². The average Bonchev–Trinajstić information content (AvgIpc) is 3.14. The zero-order valence-electron chi connectivity index (χ0n) is 15.7. The molecule has 29 heavy (non-hydrogen) atoms. The molecular formula is C22H20N4O3. The molecule has 0 saturated carbocycles. The van der Waals surface area contributed by atoms with Gasteiger partial charge in [0.15, 0.2) is 11.4 Å². The normalized spacial score (nSPS) is 15.1. The van der Waals surface area contributed by atoms with Gasteiger partial charge < -0.3 is 19.7 Å². The van der Waals surface area contributed by atoms with E-state index in [2.05, 4.69) is 20.2 Å². The highest BCUT2D eigenvalue weighted by molar-refractivity contribution is 6.05. The van der Waals surface area contributed by atoms with Crippen molar-refractivity contribution in [3.63, 3.8) is 0 Å². The Morgan fingerprint density at radius 3 is 2.66 bits per heavy atom. The molecule has 1 fully saturated rings. The van der Waals surface area contributed by atoms with E-state index in [0.29, 0.717) is 37.2 Å². The van der Waals surface area contributed by atoms with E-state index < -0.39 is 0 Å². The number of hydrogen-bond donors (Lipinski definition) is 2. The maximum absolute atomic E-state index is 12.6. The number of rotatable bonds is 3. The lowest BCUT2D eigenvalue weighted by Crippen LogP contribution is -2.38. The first-order valence-corrected chi connectivity index (χ1v) is 9.67. The van der Waals surface area contributed by atoms with Gasteiger partial charge in [-0.1, -0.05) is 24.3 Å². The summed E-state index contributed by atoms with van der Waals surface area (Å²) in [5.41, 5.74) is 2.73. The molecule has 146 valence electrons. The Hall–Kier alpha value is -3.61. The SMILES string of the molecule is O=C(Nc1ccccc1O)C1CCN(c2ncnc3c2oc2ccccc23)CC1. The number of nitrogens with zero attached hydrogens (tertiary/aromatic N) is 3. The monoisotopic (exact) mass is 388 g/mol. The Morgan fingerprint density at radius 1 is 1.07 bits per heavy atom. The highest BCUT2D eigenvalue weighted by Gasteiger charge is 2.28. The molecule has 1 aliphatic heterocycles. The van der Waals surface area contributed by atoms with E-state index in [4.69, 9.17) is 4.42 Å². The first-order valence-electron chi connectivity index (χ1n) is 9.67. The minimum atomic E-state index is -0.112. The van der Waals surface area contributed by atoms with E-state index in [-0.39, 0.29) is 17.6 Å². The number of fused-ring (bicyclic) bond motifs is 3. The van der Waals surface area contributed by atoms with Crippen LogP contribution in [0.15, 0.2) is 59.3 Å². The maximum atomic E-state index is 12.6. The second-order valence-electron chi connectivity index (χ2n) is 7.24. The van der Waals surface area contributed by atoms with Gasteiger partial charge in [-0.2, -0.15) is 0 Å². The van der Waals surface area contributed by atoms with Gasteiger partial charge in [0.25, 0.3) is 0 Å². The predicted octanol–water partition coefficient (Wildman–Crippen LogP) is 3.94. The van der Waals surface area contributed by atoms with Crippen LogP contribution in [-0.2, 0) is 4.79 Å². The fourth-order valence-corrected chi connectivity index (χ4v) is 3.90. The lowest BCUT2D eigenvalue weighted by atomic mass is 9.95. The molecule has 1 amide bonds. The summed E-state index contributed by atoms with van der Waals surface area (Å²) in [4.78, 5) is 23.6. The number of piperidine rings is 1. The Kier molecular flexibility index (Phi) is 4.27. The summed E-state index contributed by atoms with van der Waals surface area (Å²) in [5, 5.41) is 13.7. The molecule has 7 heteroatoms. The largest absolute Gasteiger partial charge is 0.506 e. The number of amides is 1. The van der Waals surface area contributed by atoms with Crippen LogP contribution in [-0.4, -0.2) is 34.1 Å². The summed E-state index contributed by atoms with van der Waals surface area (Å²) in [6.07, 6.45) is 2.97. The number of phenols is 1. The first-order chi connectivity index (χ1) is 14.2. The molecule has 0 unspecified atom stereocenters. The van der Waals surface area contributed by atoms with Crippen LogP contribution in [0.2, 0.25) is 0 Å². The van der Waals surface area contributed by atoms with Crippen molar-refractivity contribution < 1.29 is 14.3 Å². The van der Waals surface area contributed by atoms with Gasteiger partial charge >= 0.3 is 0 Å². The van der Waals surface area contributed by atoms with Crippen LogP contribution in [0.1, 0.15) is 12.8 Å². The third-order valence-electron chi connectivity index (χ3n) is 5.47. The number of furan rings is 1. The van der Waals surface area contributed by atoms with Crippen molar-refractivity contribution in [1.29, 1.82) is 0 Å². The fraction of sp³-hybridized carbons (Fsp3) is 0.227. The summed E-state index contributed by atoms with van der Waals surface area (Å²) in [5.74, 6) is 0.666. The molecule has 0 aliphatic carbocycles. The Labute approximate surface area is 167 Å². The number of hydrogen-bond acceptors (Lipinski definition) is 6. The molecule has 5 rings (SSSR count). The van der Waals surface area contributed by atoms with Crippen LogP contribution in [0.3, 0.4) is 0 Å². The number of aromatic hydroxyl groups is 1. The van der Waals surface area contributed by atoms with Gasteiger partial charge in [0.1, 0.15) is 23.2 Å². The zero-order chi connectivity index (χ0) is 19.8. The number of carbonyl (C=O) groups is 1. The van der Waals surface area contributed by atoms with Gasteiger partial charge in [-0.3, -0.25) is 4.79 Å². The molecule has 0 spiro atoms. The van der Waals surface area contributed by atoms with Gasteiger partial charge in [-0.05, 0) is 37.1 Å². The molecule has 0 atom stereocenters. The molecule has 3 heterocycles. The van der Waals surface area contributed by atoms with Crippen molar-refractivity contribution in [2.75, 3.05) is 23.3 Å². The highest BCUT2D eigenvalue weighted by atomic mass is 16.3. The number of nitrogens with one attached hydrogen (secondary N) is 1. The molecule has 2 aromatic carbocycles. The number of carbonyl (C=O) groups excluding carboxylic acids is 1. The Morgan fingerprint density at radius 2 is 1.83 bits per heavy atom. The van der Waals surface area contributed by atoms with Gasteiger partial charge in [0.2, 0.25) is 5.91 Å². The summed E-state index contributed by atoms with van der Waals surface area (Å²) in [6, 6.07) is 14.6. The Bertz CT molecular complexity index is 1200. The van der Waals surface area contributed by atoms with Gasteiger partial charge in [-0.25, -0.2) is 9.97 Å². The van der Waals surface area contributed by atoms with Gasteiger partial charge in [-0.15, -0.1) is 0 Å². The number of anilines is 2. The van der Waals surface area contributed by atoms with E-state index >= 15 is 0 Å². The van der Waals surface area contributed by atoms with E-state index in [1.165, 1.54) is 0 Å². The summed E-state index contributed by atoms with van der Waals surface area (Å²) >= 11 is 0. The Balaban J connectivity index is 1.33. The van der Waals surface area contributed by atoms with Crippen molar-refractivity contribution in [2.45, 2.75) is 12.8 Å². The molecule has 7 nitrogen and oxygen atoms in total. The van der Waals surface area contributed by atoms with Crippen LogP contribution in [0.5, 0.6) is 5.75 Å². The molecule has 0 bridgehead atoms. The number of para-hydroxylation sites is 3. The predicted molar refractivity (Wildman–Crippen MR) is 111 cm³/mol. The van der Waals surface area contributed by atoms with E-state index in [1.54, 1.807) is 30.6 Å². The minimum Gasteiger partial charge on any atom is -0.506 e. The first kappa shape index (κ1) is 17.5. The van der Waals surface area contributed by atoms with Gasteiger partial charge in [0.05, 0.1) is 5.69 Å². The highest BCUT2D eigenvalue weighted by Crippen LogP contribution is 2.34. The minimum absolute atomic E-state index is 0.0669. The van der Waals surface area contributed by atoms with Crippen LogP contribution in [0.4, 0.5) is 11.5 Å². The average molecular weight is 388 g/mol. The van der Waals surface area contributed by atoms with E-state index in [0.717, 1.165) is 22.3 Å². The third kappa shape index (κ3) is 3.14. The van der Waals surface area contributed by atoms with Crippen molar-refractivity contribution in [1.82, 2.24) is 9.97 Å². The van der Waals surface area contributed by atoms with Crippen LogP contribution < -0.4 is 10.2 Å². The summed E-state index contributed by atoms with van der Waals surface area (Å²) in [6.45, 7) is 1.39. The lowest BCUT2D eigenvalue weighted by Gasteiger charge is -2.31. The molecule has 2 aromatic heterocycles. The van der Waals surface area contributed by atoms with Crippen LogP contribution >= 0.6 is 0 Å². The molecule has 2 N–H and O–H groups in total. The van der Waals surface area contributed by atoms with Crippen molar-refractivity contribution in [3.8, 4) is 5.75 Å². The second kappa shape index (κ2) is 7.09. The van der Waals surface area contributed by atoms with E-state index in [1.807, 2.05) is 24.3 Å². The van der Waals surface area contributed by atoms with Crippen molar-refractivity contribution in [3.05, 3.63) is 54.9 Å². The second-order valence-corrected chi connectivity index (χ2v) is 7.24. The quantitative estimate of drug-likeness (QED) is 0.517. The number of benzene rings is 2. The van der Waals surface area contributed by atoms with Crippen LogP contribution in [0, 0.1) is 5.92 Å². The number of aromatic nitrogens is 2. The summed E-state index contributed by atoms with van der Waals surface area (Å²) < 4.78 is 6.03. The molecule has 1 saturated heterocycles. The molecule has 4 aromatic rings. The molecular weight excluding hydrogens is 368 g/mol. The molecule has 0 radical (unpaired) electrons. The molecule has 1 aliphatic rings. The smallest absolute Gasteiger partial charge is 0.227 e.